The summed E-state index contributed by atoms with van der Waals surface area (Å²) in [6.07, 6.45) is 4.28. The van der Waals surface area contributed by atoms with Crippen molar-refractivity contribution in [3.05, 3.63) is 0 Å². The molecule has 1 unspecified atom stereocenters. The average Bonchev–Trinajstić information content (AvgIpc) is 2.29. The zero-order chi connectivity index (χ0) is 11.1. The van der Waals surface area contributed by atoms with Crippen molar-refractivity contribution in [1.82, 2.24) is 4.90 Å². The Labute approximate surface area is 92.4 Å². The molecule has 0 spiro atoms. The van der Waals surface area contributed by atoms with Crippen LogP contribution in [0.3, 0.4) is 0 Å². The molecule has 1 fully saturated rings. The Morgan fingerprint density at radius 1 is 1.47 bits per heavy atom. The number of rotatable bonds is 6. The lowest BCUT2D eigenvalue weighted by atomic mass is 10.1. The van der Waals surface area contributed by atoms with Crippen LogP contribution in [0.2, 0.25) is 0 Å². The van der Waals surface area contributed by atoms with Gasteiger partial charge in [0.05, 0.1) is 6.10 Å². The number of piperidine rings is 1. The van der Waals surface area contributed by atoms with E-state index < -0.39 is 6.23 Å². The number of hydrogen-bond acceptors (Lipinski definition) is 4. The molecule has 90 valence electrons. The van der Waals surface area contributed by atoms with E-state index in [9.17, 15) is 5.11 Å². The predicted octanol–water partition coefficient (Wildman–Crippen LogP) is 0.545. The first-order chi connectivity index (χ1) is 7.27. The summed E-state index contributed by atoms with van der Waals surface area (Å²) >= 11 is 0. The lowest BCUT2D eigenvalue weighted by Crippen LogP contribution is -2.46. The second-order valence-electron chi connectivity index (χ2n) is 4.18. The number of aliphatic hydroxyl groups excluding tert-OH is 1. The fourth-order valence-corrected chi connectivity index (χ4v) is 1.88. The molecule has 3 N–H and O–H groups in total. The summed E-state index contributed by atoms with van der Waals surface area (Å²) in [5.41, 5.74) is 5.41. The van der Waals surface area contributed by atoms with Gasteiger partial charge in [-0.3, -0.25) is 4.90 Å². The fourth-order valence-electron chi connectivity index (χ4n) is 1.88. The van der Waals surface area contributed by atoms with Crippen LogP contribution >= 0.6 is 0 Å². The topological polar surface area (TPSA) is 58.7 Å². The molecule has 1 saturated heterocycles. The Kier molecular flexibility index (Phi) is 6.17. The Balaban J connectivity index is 2.12. The van der Waals surface area contributed by atoms with Crippen molar-refractivity contribution in [2.45, 2.75) is 44.9 Å². The fraction of sp³-hybridized carbons (Fsp3) is 1.00. The molecule has 0 aromatic heterocycles. The highest BCUT2D eigenvalue weighted by Crippen LogP contribution is 2.15. The highest BCUT2D eigenvalue weighted by atomic mass is 16.5. The first kappa shape index (κ1) is 12.9. The molecule has 1 atom stereocenters. The van der Waals surface area contributed by atoms with Crippen molar-refractivity contribution in [2.24, 2.45) is 5.73 Å². The normalized spacial score (nSPS) is 21.8. The highest BCUT2D eigenvalue weighted by molar-refractivity contribution is 4.74. The van der Waals surface area contributed by atoms with E-state index in [4.69, 9.17) is 10.5 Å². The van der Waals surface area contributed by atoms with Crippen molar-refractivity contribution in [2.75, 3.05) is 26.2 Å². The van der Waals surface area contributed by atoms with Crippen molar-refractivity contribution in [3.63, 3.8) is 0 Å². The van der Waals surface area contributed by atoms with Gasteiger partial charge in [-0.15, -0.1) is 0 Å². The smallest absolute Gasteiger partial charge is 0.119 e. The summed E-state index contributed by atoms with van der Waals surface area (Å²) in [5.74, 6) is 0. The number of hydrogen-bond donors (Lipinski definition) is 2. The largest absolute Gasteiger partial charge is 0.378 e. The van der Waals surface area contributed by atoms with Crippen LogP contribution in [0.25, 0.3) is 0 Å². The lowest BCUT2D eigenvalue weighted by Gasteiger charge is -2.34. The molecular weight excluding hydrogens is 192 g/mol. The van der Waals surface area contributed by atoms with Crippen LogP contribution in [0.15, 0.2) is 0 Å². The lowest BCUT2D eigenvalue weighted by molar-refractivity contribution is -0.0483. The number of unbranched alkanes of at least 4 members (excludes halogenated alkanes) is 1. The molecule has 15 heavy (non-hydrogen) atoms. The molecule has 1 rings (SSSR count). The number of nitrogens with two attached hydrogens (primary N) is 1. The summed E-state index contributed by atoms with van der Waals surface area (Å²) in [7, 11) is 0. The Hall–Kier alpha value is -0.160. The summed E-state index contributed by atoms with van der Waals surface area (Å²) in [6, 6.07) is 0. The van der Waals surface area contributed by atoms with E-state index >= 15 is 0 Å². The molecule has 1 aliphatic heterocycles. The molecule has 0 bridgehead atoms. The van der Waals surface area contributed by atoms with Gasteiger partial charge < -0.3 is 15.6 Å². The first-order valence-corrected chi connectivity index (χ1v) is 6.01. The molecule has 0 aromatic carbocycles. The summed E-state index contributed by atoms with van der Waals surface area (Å²) in [6.45, 7) is 5.16. The van der Waals surface area contributed by atoms with Gasteiger partial charge in [0, 0.05) is 26.2 Å². The van der Waals surface area contributed by atoms with Crippen molar-refractivity contribution in [3.8, 4) is 0 Å². The number of nitrogens with zero attached hydrogens (tertiary/aromatic N) is 1. The molecule has 1 heterocycles. The molecule has 1 aliphatic rings. The third-order valence-electron chi connectivity index (χ3n) is 2.96. The minimum Gasteiger partial charge on any atom is -0.378 e. The van der Waals surface area contributed by atoms with E-state index in [0.29, 0.717) is 12.6 Å². The van der Waals surface area contributed by atoms with Gasteiger partial charge in [-0.1, -0.05) is 13.3 Å². The number of aliphatic hydroxyl groups is 1. The van der Waals surface area contributed by atoms with E-state index in [-0.39, 0.29) is 0 Å². The summed E-state index contributed by atoms with van der Waals surface area (Å²) in [4.78, 5) is 2.03. The predicted molar refractivity (Wildman–Crippen MR) is 60.5 cm³/mol. The van der Waals surface area contributed by atoms with E-state index in [0.717, 1.165) is 39.0 Å². The minimum atomic E-state index is -0.471. The third-order valence-corrected chi connectivity index (χ3v) is 2.96. The molecule has 0 aromatic rings. The molecular formula is C11H24N2O2. The van der Waals surface area contributed by atoms with Gasteiger partial charge >= 0.3 is 0 Å². The van der Waals surface area contributed by atoms with E-state index in [1.807, 2.05) is 4.90 Å². The summed E-state index contributed by atoms with van der Waals surface area (Å²) < 4.78 is 5.75. The van der Waals surface area contributed by atoms with Gasteiger partial charge in [0.2, 0.25) is 0 Å². The number of likely N-dealkylation sites (tertiary alicyclic amines) is 1. The van der Waals surface area contributed by atoms with E-state index in [1.165, 1.54) is 6.42 Å². The van der Waals surface area contributed by atoms with Crippen LogP contribution in [0.5, 0.6) is 0 Å². The van der Waals surface area contributed by atoms with Gasteiger partial charge in [0.15, 0.2) is 0 Å². The minimum absolute atomic E-state index is 0.321. The SMILES string of the molecule is CCCCOC1CCN(C(O)CN)CC1. The van der Waals surface area contributed by atoms with Crippen LogP contribution < -0.4 is 5.73 Å². The standard InChI is InChI=1S/C11H24N2O2/c1-2-3-8-15-10-4-6-13(7-5-10)11(14)9-12/h10-11,14H,2-9,12H2,1H3. The second kappa shape index (κ2) is 7.17. The molecule has 4 heteroatoms. The second-order valence-corrected chi connectivity index (χ2v) is 4.18. The van der Waals surface area contributed by atoms with Gasteiger partial charge in [0.25, 0.3) is 0 Å². The van der Waals surface area contributed by atoms with Crippen LogP contribution in [0.1, 0.15) is 32.6 Å². The molecule has 0 aliphatic carbocycles. The third kappa shape index (κ3) is 4.47. The van der Waals surface area contributed by atoms with Crippen LogP contribution in [0, 0.1) is 0 Å². The zero-order valence-electron chi connectivity index (χ0n) is 9.69. The Morgan fingerprint density at radius 2 is 2.13 bits per heavy atom. The number of ether oxygens (including phenoxy) is 1. The average molecular weight is 216 g/mol. The van der Waals surface area contributed by atoms with Gasteiger partial charge in [0.1, 0.15) is 6.23 Å². The Bertz CT molecular complexity index is 159. The van der Waals surface area contributed by atoms with Crippen LogP contribution in [0.4, 0.5) is 0 Å². The van der Waals surface area contributed by atoms with Gasteiger partial charge in [-0.2, -0.15) is 0 Å². The van der Waals surface area contributed by atoms with Gasteiger partial charge in [-0.25, -0.2) is 0 Å². The van der Waals surface area contributed by atoms with Crippen LogP contribution in [-0.2, 0) is 4.74 Å². The highest BCUT2D eigenvalue weighted by Gasteiger charge is 2.22. The zero-order valence-corrected chi connectivity index (χ0v) is 9.69. The van der Waals surface area contributed by atoms with Crippen LogP contribution in [-0.4, -0.2) is 48.6 Å². The molecule has 4 nitrogen and oxygen atoms in total. The molecule has 0 saturated carbocycles. The summed E-state index contributed by atoms with van der Waals surface area (Å²) in [5, 5.41) is 9.54. The maximum absolute atomic E-state index is 9.54. The maximum Gasteiger partial charge on any atom is 0.119 e. The van der Waals surface area contributed by atoms with Crippen molar-refractivity contribution >= 4 is 0 Å². The molecule has 0 amide bonds. The maximum atomic E-state index is 9.54. The molecule has 0 radical (unpaired) electrons. The van der Waals surface area contributed by atoms with Crippen molar-refractivity contribution in [1.29, 1.82) is 0 Å². The van der Waals surface area contributed by atoms with E-state index in [1.54, 1.807) is 0 Å². The van der Waals surface area contributed by atoms with Gasteiger partial charge in [-0.05, 0) is 19.3 Å². The Morgan fingerprint density at radius 3 is 2.67 bits per heavy atom. The van der Waals surface area contributed by atoms with Crippen molar-refractivity contribution < 1.29 is 9.84 Å². The monoisotopic (exact) mass is 216 g/mol. The van der Waals surface area contributed by atoms with E-state index in [2.05, 4.69) is 6.92 Å². The quantitative estimate of drug-likeness (QED) is 0.636. The first-order valence-electron chi connectivity index (χ1n) is 6.01.